The van der Waals surface area contributed by atoms with Crippen LogP contribution in [-0.2, 0) is 0 Å². The molecule has 172 valence electrons. The summed E-state index contributed by atoms with van der Waals surface area (Å²) in [6.45, 7) is 13.8. The van der Waals surface area contributed by atoms with Crippen LogP contribution in [0.1, 0.15) is 85.5 Å². The fourth-order valence-corrected chi connectivity index (χ4v) is 7.17. The molecule has 0 aromatic carbocycles. The van der Waals surface area contributed by atoms with Gasteiger partial charge in [0.25, 0.3) is 0 Å². The third-order valence-electron chi connectivity index (χ3n) is 9.65. The minimum absolute atomic E-state index is 0.392. The van der Waals surface area contributed by atoms with E-state index < -0.39 is 12.2 Å². The molecule has 0 spiro atoms. The molecule has 0 saturated heterocycles. The zero-order valence-electron chi connectivity index (χ0n) is 20.2. The Balaban J connectivity index is 1.50. The molecule has 2 nitrogen and oxygen atoms in total. The van der Waals surface area contributed by atoms with Crippen molar-refractivity contribution in [3.8, 4) is 0 Å². The normalized spacial score (nSPS) is 41.3. The maximum atomic E-state index is 10.2. The molecule has 0 heterocycles. The van der Waals surface area contributed by atoms with E-state index in [1.54, 1.807) is 5.57 Å². The van der Waals surface area contributed by atoms with Gasteiger partial charge in [-0.1, -0.05) is 64.2 Å². The summed E-state index contributed by atoms with van der Waals surface area (Å²) in [6, 6.07) is 0. The van der Waals surface area contributed by atoms with Crippen molar-refractivity contribution in [2.75, 3.05) is 0 Å². The lowest BCUT2D eigenvalue weighted by atomic mass is 9.61. The van der Waals surface area contributed by atoms with Crippen molar-refractivity contribution in [1.29, 1.82) is 0 Å². The average molecular weight is 425 g/mol. The van der Waals surface area contributed by atoms with Crippen molar-refractivity contribution in [2.45, 2.75) is 97.7 Å². The molecule has 4 rings (SSSR count). The fourth-order valence-electron chi connectivity index (χ4n) is 7.17. The number of allylic oxidation sites excluding steroid dienone is 5. The molecular weight excluding hydrogens is 380 g/mol. The summed E-state index contributed by atoms with van der Waals surface area (Å²) in [7, 11) is 0. The van der Waals surface area contributed by atoms with E-state index in [4.69, 9.17) is 0 Å². The third-order valence-corrected chi connectivity index (χ3v) is 9.65. The first kappa shape index (κ1) is 23.1. The highest BCUT2D eigenvalue weighted by Gasteiger charge is 2.50. The molecule has 0 aliphatic heterocycles. The van der Waals surface area contributed by atoms with Crippen LogP contribution < -0.4 is 0 Å². The molecule has 0 radical (unpaired) electrons. The monoisotopic (exact) mass is 424 g/mol. The smallest absolute Gasteiger partial charge is 0.0811 e. The molecule has 0 amide bonds. The molecule has 0 bridgehead atoms. The van der Waals surface area contributed by atoms with Crippen molar-refractivity contribution in [3.63, 3.8) is 0 Å². The molecule has 3 unspecified atom stereocenters. The predicted molar refractivity (Wildman–Crippen MR) is 130 cm³/mol. The first-order valence-corrected chi connectivity index (χ1v) is 12.8. The lowest BCUT2D eigenvalue weighted by molar-refractivity contribution is 0.0862. The second-order valence-corrected chi connectivity index (χ2v) is 11.8. The van der Waals surface area contributed by atoms with E-state index in [1.165, 1.54) is 44.9 Å². The van der Waals surface area contributed by atoms with Gasteiger partial charge in [0.15, 0.2) is 0 Å². The fraction of sp³-hybridized carbons (Fsp3) is 0.724. The standard InChI is InChI=1S/C29H44O2/c1-19(2)29(15-16-29)14-12-20(3)25-10-11-26-22(7-6-13-28(25,26)5)8-9-23-17-24(30)18-27(31)21(23)4/h8-9,12,14,19-20,24-27,30-31H,4,6-7,10-11,13,15-18H2,1-3,5H3/t20-,24-,25-,26?,27?,28?/m1/s1. The van der Waals surface area contributed by atoms with Crippen LogP contribution in [0.4, 0.5) is 0 Å². The summed E-state index contributed by atoms with van der Waals surface area (Å²) < 4.78 is 0. The first-order valence-electron chi connectivity index (χ1n) is 12.8. The maximum absolute atomic E-state index is 10.2. The van der Waals surface area contributed by atoms with Crippen molar-refractivity contribution in [1.82, 2.24) is 0 Å². The molecule has 6 atom stereocenters. The Bertz CT molecular complexity index is 781. The average Bonchev–Trinajstić information content (AvgIpc) is 3.43. The van der Waals surface area contributed by atoms with E-state index in [9.17, 15) is 10.2 Å². The van der Waals surface area contributed by atoms with Crippen LogP contribution in [0.5, 0.6) is 0 Å². The summed E-state index contributed by atoms with van der Waals surface area (Å²) in [4.78, 5) is 0. The van der Waals surface area contributed by atoms with Crippen LogP contribution in [-0.4, -0.2) is 22.4 Å². The van der Waals surface area contributed by atoms with Crippen molar-refractivity contribution >= 4 is 0 Å². The largest absolute Gasteiger partial charge is 0.393 e. The third kappa shape index (κ3) is 4.40. The molecule has 2 heteroatoms. The highest BCUT2D eigenvalue weighted by Crippen LogP contribution is 2.60. The van der Waals surface area contributed by atoms with E-state index in [1.807, 2.05) is 0 Å². The zero-order valence-corrected chi connectivity index (χ0v) is 20.2. The van der Waals surface area contributed by atoms with Crippen LogP contribution in [0.3, 0.4) is 0 Å². The number of aliphatic hydroxyl groups excluding tert-OH is 2. The Morgan fingerprint density at radius 2 is 1.81 bits per heavy atom. The van der Waals surface area contributed by atoms with E-state index in [0.717, 1.165) is 23.0 Å². The summed E-state index contributed by atoms with van der Waals surface area (Å²) in [6.07, 6.45) is 18.8. The van der Waals surface area contributed by atoms with Crippen LogP contribution in [0.2, 0.25) is 0 Å². The topological polar surface area (TPSA) is 40.5 Å². The molecule has 4 aliphatic rings. The van der Waals surface area contributed by atoms with Crippen LogP contribution in [0, 0.1) is 34.5 Å². The van der Waals surface area contributed by atoms with Gasteiger partial charge < -0.3 is 10.2 Å². The lowest BCUT2D eigenvalue weighted by Gasteiger charge is -2.44. The number of hydrogen-bond acceptors (Lipinski definition) is 2. The molecule has 0 aromatic rings. The van der Waals surface area contributed by atoms with Crippen molar-refractivity contribution in [3.05, 3.63) is 47.6 Å². The van der Waals surface area contributed by atoms with Gasteiger partial charge >= 0.3 is 0 Å². The van der Waals surface area contributed by atoms with E-state index >= 15 is 0 Å². The zero-order chi connectivity index (χ0) is 22.4. The highest BCUT2D eigenvalue weighted by atomic mass is 16.3. The van der Waals surface area contributed by atoms with E-state index in [0.29, 0.717) is 35.5 Å². The van der Waals surface area contributed by atoms with Gasteiger partial charge in [-0.3, -0.25) is 0 Å². The van der Waals surface area contributed by atoms with Gasteiger partial charge in [-0.25, -0.2) is 0 Å². The van der Waals surface area contributed by atoms with Gasteiger partial charge in [-0.05, 0) is 97.0 Å². The molecule has 4 saturated carbocycles. The Labute approximate surface area is 190 Å². The number of hydrogen-bond donors (Lipinski definition) is 2. The molecule has 4 fully saturated rings. The summed E-state index contributed by atoms with van der Waals surface area (Å²) >= 11 is 0. The lowest BCUT2D eigenvalue weighted by Crippen LogP contribution is -2.35. The van der Waals surface area contributed by atoms with Gasteiger partial charge in [0.1, 0.15) is 0 Å². The minimum Gasteiger partial charge on any atom is -0.393 e. The second-order valence-electron chi connectivity index (χ2n) is 11.8. The maximum Gasteiger partial charge on any atom is 0.0811 e. The quantitative estimate of drug-likeness (QED) is 0.479. The Hall–Kier alpha value is -1.12. The minimum atomic E-state index is -0.603. The number of aliphatic hydroxyl groups is 2. The molecule has 31 heavy (non-hydrogen) atoms. The predicted octanol–water partition coefficient (Wildman–Crippen LogP) is 6.76. The highest BCUT2D eigenvalue weighted by molar-refractivity contribution is 5.38. The van der Waals surface area contributed by atoms with E-state index in [-0.39, 0.29) is 0 Å². The number of rotatable bonds is 5. The van der Waals surface area contributed by atoms with Gasteiger partial charge in [-0.2, -0.15) is 0 Å². The van der Waals surface area contributed by atoms with Gasteiger partial charge in [0.2, 0.25) is 0 Å². The second kappa shape index (κ2) is 8.67. The first-order chi connectivity index (χ1) is 14.7. The summed E-state index contributed by atoms with van der Waals surface area (Å²) in [5, 5.41) is 20.2. The summed E-state index contributed by atoms with van der Waals surface area (Å²) in [5.41, 5.74) is 4.30. The summed E-state index contributed by atoms with van der Waals surface area (Å²) in [5.74, 6) is 2.84. The molecular formula is C29H44O2. The van der Waals surface area contributed by atoms with Gasteiger partial charge in [0, 0.05) is 6.42 Å². The molecule has 4 aliphatic carbocycles. The number of fused-ring (bicyclic) bond motifs is 1. The van der Waals surface area contributed by atoms with Crippen LogP contribution >= 0.6 is 0 Å². The Morgan fingerprint density at radius 3 is 2.48 bits per heavy atom. The Kier molecular flexibility index (Phi) is 6.45. The SMILES string of the molecule is C=C1C(=CC=C2CCCC3(C)C2CC[C@@H]3[C@H](C)C=CC2(C(C)C)CC2)C[C@@H](O)CC1O. The Morgan fingerprint density at radius 1 is 1.06 bits per heavy atom. The van der Waals surface area contributed by atoms with Crippen LogP contribution in [0.25, 0.3) is 0 Å². The van der Waals surface area contributed by atoms with Gasteiger partial charge in [0.05, 0.1) is 12.2 Å². The van der Waals surface area contributed by atoms with Gasteiger partial charge in [-0.15, -0.1) is 0 Å². The van der Waals surface area contributed by atoms with E-state index in [2.05, 4.69) is 58.6 Å². The van der Waals surface area contributed by atoms with Crippen LogP contribution in [0.15, 0.2) is 47.6 Å². The van der Waals surface area contributed by atoms with Crippen molar-refractivity contribution in [2.24, 2.45) is 34.5 Å². The molecule has 2 N–H and O–H groups in total. The van der Waals surface area contributed by atoms with Crippen molar-refractivity contribution < 1.29 is 10.2 Å². The molecule has 0 aromatic heterocycles.